The minimum absolute atomic E-state index is 0.363. The first-order valence-corrected chi connectivity index (χ1v) is 9.42. The highest BCUT2D eigenvalue weighted by Gasteiger charge is 2.16. The number of rotatable bonds is 7. The third-order valence-corrected chi connectivity index (χ3v) is 4.80. The lowest BCUT2D eigenvalue weighted by atomic mass is 10.0. The summed E-state index contributed by atoms with van der Waals surface area (Å²) in [7, 11) is 4.71. The van der Waals surface area contributed by atoms with Crippen LogP contribution in [-0.2, 0) is 6.54 Å². The number of ether oxygens (including phenoxy) is 3. The second-order valence-corrected chi connectivity index (χ2v) is 6.62. The second-order valence-electron chi connectivity index (χ2n) is 6.62. The average Bonchev–Trinajstić information content (AvgIpc) is 3.20. The van der Waals surface area contributed by atoms with Crippen LogP contribution in [0.25, 0.3) is 22.2 Å². The molecule has 0 radical (unpaired) electrons. The molecule has 7 nitrogen and oxygen atoms in total. The number of hydrogen-bond acceptors (Lipinski definition) is 7. The Morgan fingerprint density at radius 1 is 0.933 bits per heavy atom. The predicted molar refractivity (Wildman–Crippen MR) is 117 cm³/mol. The van der Waals surface area contributed by atoms with Crippen molar-refractivity contribution in [1.29, 1.82) is 0 Å². The molecule has 1 heterocycles. The van der Waals surface area contributed by atoms with Gasteiger partial charge in [-0.3, -0.25) is 0 Å². The number of benzene rings is 3. The van der Waals surface area contributed by atoms with E-state index in [-0.39, 0.29) is 0 Å². The highest BCUT2D eigenvalue weighted by Crippen LogP contribution is 2.41. The summed E-state index contributed by atoms with van der Waals surface area (Å²) in [5.74, 6) is 1.59. The van der Waals surface area contributed by atoms with Gasteiger partial charge in [-0.25, -0.2) is 0 Å². The van der Waals surface area contributed by atoms with Crippen LogP contribution in [-0.4, -0.2) is 26.3 Å². The molecule has 0 saturated carbocycles. The molecule has 0 aliphatic carbocycles. The molecule has 0 fully saturated rings. The molecule has 0 saturated heterocycles. The van der Waals surface area contributed by atoms with Crippen LogP contribution in [0.15, 0.2) is 59.0 Å². The maximum absolute atomic E-state index is 6.07. The summed E-state index contributed by atoms with van der Waals surface area (Å²) in [5, 5.41) is 3.18. The van der Waals surface area contributed by atoms with Gasteiger partial charge in [0.1, 0.15) is 5.52 Å². The van der Waals surface area contributed by atoms with Crippen molar-refractivity contribution >= 4 is 22.8 Å². The standard InChI is InChI=1S/C23H23N3O4/c1-27-19-11-16(12-20(28-2)22(19)29-3)25-23-26-18-9-5-8-17(21(18)30-23)15-7-4-6-14(10-15)13-24/h4-12H,13,24H2,1-3H3,(H,25,26). The number of nitrogens with two attached hydrogens (primary N) is 1. The predicted octanol–water partition coefficient (Wildman–Crippen LogP) is 4.72. The van der Waals surface area contributed by atoms with Crippen molar-refractivity contribution in [3.63, 3.8) is 0 Å². The van der Waals surface area contributed by atoms with Crippen molar-refractivity contribution in [2.45, 2.75) is 6.54 Å². The highest BCUT2D eigenvalue weighted by atomic mass is 16.5. The van der Waals surface area contributed by atoms with E-state index in [1.54, 1.807) is 33.5 Å². The molecule has 30 heavy (non-hydrogen) atoms. The fraction of sp³-hybridized carbons (Fsp3) is 0.174. The summed E-state index contributed by atoms with van der Waals surface area (Å²) in [4.78, 5) is 4.57. The van der Waals surface area contributed by atoms with Gasteiger partial charge in [0.25, 0.3) is 6.01 Å². The number of anilines is 2. The maximum atomic E-state index is 6.07. The van der Waals surface area contributed by atoms with Gasteiger partial charge in [0.2, 0.25) is 5.75 Å². The lowest BCUT2D eigenvalue weighted by Crippen LogP contribution is -1.97. The zero-order valence-corrected chi connectivity index (χ0v) is 17.1. The van der Waals surface area contributed by atoms with Crippen molar-refractivity contribution in [2.24, 2.45) is 5.73 Å². The van der Waals surface area contributed by atoms with E-state index in [2.05, 4.69) is 16.4 Å². The Bertz CT molecular complexity index is 1160. The first-order chi connectivity index (χ1) is 14.7. The molecule has 4 aromatic rings. The summed E-state index contributed by atoms with van der Waals surface area (Å²) in [6.45, 7) is 0.480. The molecular formula is C23H23N3O4. The minimum Gasteiger partial charge on any atom is -0.493 e. The molecular weight excluding hydrogens is 382 g/mol. The van der Waals surface area contributed by atoms with E-state index >= 15 is 0 Å². The minimum atomic E-state index is 0.363. The molecule has 0 aliphatic rings. The van der Waals surface area contributed by atoms with Crippen LogP contribution >= 0.6 is 0 Å². The van der Waals surface area contributed by atoms with Crippen LogP contribution in [0.4, 0.5) is 11.7 Å². The van der Waals surface area contributed by atoms with Gasteiger partial charge < -0.3 is 29.7 Å². The molecule has 3 N–H and O–H groups in total. The Kier molecular flexibility index (Phi) is 5.45. The van der Waals surface area contributed by atoms with Crippen molar-refractivity contribution < 1.29 is 18.6 Å². The fourth-order valence-electron chi connectivity index (χ4n) is 3.37. The molecule has 7 heteroatoms. The molecule has 0 unspecified atom stereocenters. The summed E-state index contributed by atoms with van der Waals surface area (Å²) in [6, 6.07) is 17.9. The van der Waals surface area contributed by atoms with Gasteiger partial charge in [-0.2, -0.15) is 4.98 Å². The number of fused-ring (bicyclic) bond motifs is 1. The third-order valence-electron chi connectivity index (χ3n) is 4.80. The second kappa shape index (κ2) is 8.34. The molecule has 4 rings (SSSR count). The molecule has 3 aromatic carbocycles. The van der Waals surface area contributed by atoms with E-state index < -0.39 is 0 Å². The lowest BCUT2D eigenvalue weighted by Gasteiger charge is -2.14. The van der Waals surface area contributed by atoms with E-state index in [9.17, 15) is 0 Å². The van der Waals surface area contributed by atoms with Crippen molar-refractivity contribution in [3.05, 3.63) is 60.2 Å². The molecule has 154 valence electrons. The molecule has 1 aromatic heterocycles. The van der Waals surface area contributed by atoms with Gasteiger partial charge in [0, 0.05) is 29.9 Å². The number of para-hydroxylation sites is 1. The molecule has 0 aliphatic heterocycles. The van der Waals surface area contributed by atoms with Crippen molar-refractivity contribution in [3.8, 4) is 28.4 Å². The molecule has 0 atom stereocenters. The Morgan fingerprint density at radius 2 is 1.67 bits per heavy atom. The van der Waals surface area contributed by atoms with Gasteiger partial charge in [0.15, 0.2) is 17.1 Å². The summed E-state index contributed by atoms with van der Waals surface area (Å²) in [5.41, 5.74) is 11.0. The first-order valence-electron chi connectivity index (χ1n) is 9.42. The number of methoxy groups -OCH3 is 3. The Balaban J connectivity index is 1.73. The number of nitrogens with zero attached hydrogens (tertiary/aromatic N) is 1. The van der Waals surface area contributed by atoms with E-state index in [1.807, 2.05) is 36.4 Å². The largest absolute Gasteiger partial charge is 0.493 e. The topological polar surface area (TPSA) is 91.8 Å². The van der Waals surface area contributed by atoms with Gasteiger partial charge in [0.05, 0.1) is 21.3 Å². The van der Waals surface area contributed by atoms with E-state index in [0.717, 1.165) is 22.2 Å². The van der Waals surface area contributed by atoms with Crippen LogP contribution in [0.3, 0.4) is 0 Å². The van der Waals surface area contributed by atoms with Gasteiger partial charge >= 0.3 is 0 Å². The smallest absolute Gasteiger partial charge is 0.300 e. The summed E-state index contributed by atoms with van der Waals surface area (Å²) in [6.07, 6.45) is 0. The van der Waals surface area contributed by atoms with Gasteiger partial charge in [-0.15, -0.1) is 0 Å². The monoisotopic (exact) mass is 405 g/mol. The van der Waals surface area contributed by atoms with Crippen LogP contribution in [0.1, 0.15) is 5.56 Å². The zero-order chi connectivity index (χ0) is 21.1. The number of hydrogen-bond donors (Lipinski definition) is 2. The third kappa shape index (κ3) is 3.62. The summed E-state index contributed by atoms with van der Waals surface area (Å²) >= 11 is 0. The Morgan fingerprint density at radius 3 is 2.33 bits per heavy atom. The van der Waals surface area contributed by atoms with Crippen molar-refractivity contribution in [2.75, 3.05) is 26.6 Å². The normalized spacial score (nSPS) is 10.8. The zero-order valence-electron chi connectivity index (χ0n) is 17.1. The van der Waals surface area contributed by atoms with Crippen LogP contribution in [0.2, 0.25) is 0 Å². The SMILES string of the molecule is COc1cc(Nc2nc3cccc(-c4cccc(CN)c4)c3o2)cc(OC)c1OC. The average molecular weight is 405 g/mol. The number of oxazole rings is 1. The Labute approximate surface area is 174 Å². The van der Waals surface area contributed by atoms with Crippen LogP contribution in [0.5, 0.6) is 17.2 Å². The fourth-order valence-corrected chi connectivity index (χ4v) is 3.37. The summed E-state index contributed by atoms with van der Waals surface area (Å²) < 4.78 is 22.3. The Hall–Kier alpha value is -3.71. The molecule has 0 amide bonds. The maximum Gasteiger partial charge on any atom is 0.300 e. The lowest BCUT2D eigenvalue weighted by molar-refractivity contribution is 0.324. The van der Waals surface area contributed by atoms with E-state index in [0.29, 0.717) is 41.1 Å². The number of nitrogens with one attached hydrogen (secondary N) is 1. The molecule has 0 bridgehead atoms. The van der Waals surface area contributed by atoms with Crippen LogP contribution in [0, 0.1) is 0 Å². The molecule has 0 spiro atoms. The van der Waals surface area contributed by atoms with E-state index in [4.69, 9.17) is 24.4 Å². The van der Waals surface area contributed by atoms with Crippen LogP contribution < -0.4 is 25.3 Å². The highest BCUT2D eigenvalue weighted by molar-refractivity contribution is 5.91. The van der Waals surface area contributed by atoms with Gasteiger partial charge in [-0.05, 0) is 23.3 Å². The first kappa shape index (κ1) is 19.6. The van der Waals surface area contributed by atoms with Crippen molar-refractivity contribution in [1.82, 2.24) is 4.98 Å². The van der Waals surface area contributed by atoms with E-state index in [1.165, 1.54) is 0 Å². The van der Waals surface area contributed by atoms with Gasteiger partial charge in [-0.1, -0.05) is 30.3 Å². The quantitative estimate of drug-likeness (QED) is 0.459. The number of aromatic nitrogens is 1.